The fourth-order valence-electron chi connectivity index (χ4n) is 3.07. The molecule has 1 saturated heterocycles. The zero-order chi connectivity index (χ0) is 24.3. The van der Waals surface area contributed by atoms with Gasteiger partial charge in [-0.2, -0.15) is 12.7 Å². The van der Waals surface area contributed by atoms with E-state index in [0.717, 1.165) is 5.56 Å². The molecule has 1 aliphatic rings. The molecule has 2 aromatic carbocycles. The van der Waals surface area contributed by atoms with Crippen molar-refractivity contribution in [2.24, 2.45) is 0 Å². The van der Waals surface area contributed by atoms with Crippen LogP contribution in [-0.2, 0) is 24.8 Å². The summed E-state index contributed by atoms with van der Waals surface area (Å²) < 4.78 is 59.2. The molecule has 1 aliphatic heterocycles. The molecule has 2 N–H and O–H groups in total. The third-order valence-electron chi connectivity index (χ3n) is 4.88. The first-order valence-corrected chi connectivity index (χ1v) is 13.8. The molecule has 0 atom stereocenters. The van der Waals surface area contributed by atoms with Crippen molar-refractivity contribution >= 4 is 48.1 Å². The van der Waals surface area contributed by atoms with Gasteiger partial charge in [0, 0.05) is 24.3 Å². The first-order valence-electron chi connectivity index (χ1n) is 10.1. The summed E-state index contributed by atoms with van der Waals surface area (Å²) in [6, 6.07) is 12.2. The minimum Gasteiger partial charge on any atom is -0.379 e. The van der Waals surface area contributed by atoms with Gasteiger partial charge < -0.3 is 4.74 Å². The molecule has 0 saturated carbocycles. The third-order valence-corrected chi connectivity index (χ3v) is 9.39. The molecule has 0 aliphatic carbocycles. The summed E-state index contributed by atoms with van der Waals surface area (Å²) in [6.45, 7) is 3.07. The third kappa shape index (κ3) is 5.42. The Morgan fingerprint density at radius 1 is 0.971 bits per heavy atom. The van der Waals surface area contributed by atoms with E-state index < -0.39 is 26.0 Å². The Kier molecular flexibility index (Phi) is 6.95. The van der Waals surface area contributed by atoms with Gasteiger partial charge in [0.15, 0.2) is 0 Å². The van der Waals surface area contributed by atoms with E-state index in [1.165, 1.54) is 28.6 Å². The van der Waals surface area contributed by atoms with Gasteiger partial charge in [-0.1, -0.05) is 29.0 Å². The maximum Gasteiger partial charge on any atom is 0.291 e. The summed E-state index contributed by atoms with van der Waals surface area (Å²) in [6.07, 6.45) is 0. The van der Waals surface area contributed by atoms with Gasteiger partial charge in [0.25, 0.3) is 20.3 Å². The van der Waals surface area contributed by atoms with Crippen LogP contribution in [0.25, 0.3) is 0 Å². The van der Waals surface area contributed by atoms with E-state index in [1.807, 2.05) is 6.92 Å². The number of anilines is 2. The molecule has 0 spiro atoms. The number of carbonyl (C=O) groups is 1. The highest BCUT2D eigenvalue weighted by Crippen LogP contribution is 2.25. The Bertz CT molecular complexity index is 1380. The molecular weight excluding hydrogens is 502 g/mol. The highest BCUT2D eigenvalue weighted by molar-refractivity contribution is 7.94. The number of hydrogen-bond acceptors (Lipinski definition) is 9. The molecule has 4 rings (SSSR count). The van der Waals surface area contributed by atoms with Crippen LogP contribution >= 0.6 is 11.3 Å². The number of nitrogens with zero attached hydrogens (tertiary/aromatic N) is 3. The van der Waals surface area contributed by atoms with Crippen LogP contribution < -0.4 is 10.0 Å². The van der Waals surface area contributed by atoms with Crippen LogP contribution in [0.4, 0.5) is 10.8 Å². The van der Waals surface area contributed by atoms with Crippen LogP contribution in [0, 0.1) is 6.92 Å². The van der Waals surface area contributed by atoms with E-state index in [1.54, 1.807) is 24.3 Å². The van der Waals surface area contributed by atoms with Gasteiger partial charge in [-0.15, -0.1) is 10.2 Å². The van der Waals surface area contributed by atoms with Gasteiger partial charge in [-0.05, 0) is 43.3 Å². The molecule has 2 heterocycles. The fraction of sp³-hybridized carbons (Fsp3) is 0.250. The minimum atomic E-state index is -4.10. The maximum atomic E-state index is 12.7. The van der Waals surface area contributed by atoms with Crippen LogP contribution in [-0.4, -0.2) is 63.5 Å². The number of ether oxygens (including phenoxy) is 1. The quantitative estimate of drug-likeness (QED) is 0.447. The normalized spacial score (nSPS) is 15.1. The van der Waals surface area contributed by atoms with E-state index in [9.17, 15) is 21.6 Å². The molecule has 14 heteroatoms. The number of morpholine rings is 1. The van der Waals surface area contributed by atoms with E-state index in [-0.39, 0.29) is 33.1 Å². The molecule has 11 nitrogen and oxygen atoms in total. The van der Waals surface area contributed by atoms with Crippen molar-refractivity contribution in [2.45, 2.75) is 16.2 Å². The second-order valence-corrected chi connectivity index (χ2v) is 12.1. The Morgan fingerprint density at radius 3 is 2.26 bits per heavy atom. The number of sulfonamides is 2. The number of rotatable bonds is 7. The highest BCUT2D eigenvalue weighted by Gasteiger charge is 2.27. The Morgan fingerprint density at radius 2 is 1.62 bits per heavy atom. The lowest BCUT2D eigenvalue weighted by atomic mass is 10.1. The Hall–Kier alpha value is -2.91. The second kappa shape index (κ2) is 9.76. The van der Waals surface area contributed by atoms with Gasteiger partial charge in [0.2, 0.25) is 15.2 Å². The molecule has 1 fully saturated rings. The Labute approximate surface area is 200 Å². The van der Waals surface area contributed by atoms with Gasteiger partial charge >= 0.3 is 0 Å². The van der Waals surface area contributed by atoms with Crippen molar-refractivity contribution in [2.75, 3.05) is 36.3 Å². The van der Waals surface area contributed by atoms with Crippen LogP contribution in [0.15, 0.2) is 57.8 Å². The lowest BCUT2D eigenvalue weighted by Crippen LogP contribution is -2.40. The van der Waals surface area contributed by atoms with Gasteiger partial charge in [0.1, 0.15) is 0 Å². The molecule has 34 heavy (non-hydrogen) atoms. The van der Waals surface area contributed by atoms with E-state index in [2.05, 4.69) is 20.2 Å². The maximum absolute atomic E-state index is 12.7. The summed E-state index contributed by atoms with van der Waals surface area (Å²) in [4.78, 5) is 12.4. The number of nitrogens with one attached hydrogen (secondary N) is 2. The van der Waals surface area contributed by atoms with Crippen molar-refractivity contribution in [3.8, 4) is 0 Å². The average Bonchev–Trinajstić information content (AvgIpc) is 3.30. The van der Waals surface area contributed by atoms with E-state index in [4.69, 9.17) is 4.74 Å². The summed E-state index contributed by atoms with van der Waals surface area (Å²) >= 11 is 0.692. The number of hydrogen-bond donors (Lipinski definition) is 2. The van der Waals surface area contributed by atoms with Crippen molar-refractivity contribution in [1.29, 1.82) is 0 Å². The monoisotopic (exact) mass is 523 g/mol. The molecular formula is C20H21N5O6S3. The number of benzene rings is 2. The SMILES string of the molecule is Cc1ccc(C(=O)Nc2nnc(S(=O)(=O)Nc3ccc(S(=O)(=O)N4CCOCC4)cc3)s2)cc1. The number of aromatic nitrogens is 2. The molecule has 1 amide bonds. The van der Waals surface area contributed by atoms with Crippen molar-refractivity contribution in [1.82, 2.24) is 14.5 Å². The largest absolute Gasteiger partial charge is 0.379 e. The Balaban J connectivity index is 1.43. The fourth-order valence-corrected chi connectivity index (χ4v) is 6.44. The van der Waals surface area contributed by atoms with Crippen molar-refractivity contribution in [3.63, 3.8) is 0 Å². The van der Waals surface area contributed by atoms with Crippen molar-refractivity contribution in [3.05, 3.63) is 59.7 Å². The standard InChI is InChI=1S/C20H21N5O6S3/c1-14-2-4-15(5-3-14)18(26)21-19-22-23-20(32-19)33(27,28)24-16-6-8-17(9-7-16)34(29,30)25-10-12-31-13-11-25/h2-9,24H,10-13H2,1H3,(H,21,22,26). The van der Waals surface area contributed by atoms with Crippen LogP contribution in [0.3, 0.4) is 0 Å². The van der Waals surface area contributed by atoms with Gasteiger partial charge in [-0.3, -0.25) is 14.8 Å². The second-order valence-electron chi connectivity index (χ2n) is 7.34. The van der Waals surface area contributed by atoms with Gasteiger partial charge in [0.05, 0.1) is 18.1 Å². The van der Waals surface area contributed by atoms with E-state index >= 15 is 0 Å². The topological polar surface area (TPSA) is 148 Å². The number of aryl methyl sites for hydroxylation is 1. The molecule has 3 aromatic rings. The molecule has 0 radical (unpaired) electrons. The van der Waals surface area contributed by atoms with E-state index in [0.29, 0.717) is 30.1 Å². The molecule has 0 bridgehead atoms. The van der Waals surface area contributed by atoms with Crippen molar-refractivity contribution < 1.29 is 26.4 Å². The summed E-state index contributed by atoms with van der Waals surface area (Å²) in [5.74, 6) is -0.440. The van der Waals surface area contributed by atoms with Crippen LogP contribution in [0.1, 0.15) is 15.9 Å². The van der Waals surface area contributed by atoms with Crippen LogP contribution in [0.2, 0.25) is 0 Å². The predicted octanol–water partition coefficient (Wildman–Crippen LogP) is 1.92. The summed E-state index contributed by atoms with van der Waals surface area (Å²) in [5, 5.41) is 9.93. The average molecular weight is 524 g/mol. The highest BCUT2D eigenvalue weighted by atomic mass is 32.2. The lowest BCUT2D eigenvalue weighted by Gasteiger charge is -2.26. The predicted molar refractivity (Wildman–Crippen MR) is 126 cm³/mol. The smallest absolute Gasteiger partial charge is 0.291 e. The van der Waals surface area contributed by atoms with Crippen LogP contribution in [0.5, 0.6) is 0 Å². The zero-order valence-electron chi connectivity index (χ0n) is 18.0. The first-order chi connectivity index (χ1) is 16.1. The zero-order valence-corrected chi connectivity index (χ0v) is 20.4. The lowest BCUT2D eigenvalue weighted by molar-refractivity contribution is 0.0730. The number of carbonyl (C=O) groups excluding carboxylic acids is 1. The first kappa shape index (κ1) is 24.2. The summed E-state index contributed by atoms with van der Waals surface area (Å²) in [5.41, 5.74) is 1.55. The molecule has 0 unspecified atom stereocenters. The minimum absolute atomic E-state index is 0.0258. The molecule has 1 aromatic heterocycles. The van der Waals surface area contributed by atoms with Gasteiger partial charge in [-0.25, -0.2) is 8.42 Å². The summed E-state index contributed by atoms with van der Waals surface area (Å²) in [7, 11) is -7.79. The number of amides is 1. The molecule has 180 valence electrons.